The van der Waals surface area contributed by atoms with Crippen LogP contribution in [-0.2, 0) is 0 Å². The molecule has 0 aromatic heterocycles. The molecule has 4 N–H and O–H groups in total. The Morgan fingerprint density at radius 1 is 1.53 bits per heavy atom. The minimum atomic E-state index is -0.0487. The van der Waals surface area contributed by atoms with Gasteiger partial charge in [-0.1, -0.05) is 18.5 Å². The van der Waals surface area contributed by atoms with Gasteiger partial charge >= 0.3 is 0 Å². The molecule has 1 fully saturated rings. The zero-order valence-electron chi connectivity index (χ0n) is 11.1. The molecule has 1 aliphatic rings. The van der Waals surface area contributed by atoms with Crippen LogP contribution in [0.4, 0.5) is 5.69 Å². The number of carbonyl (C=O) groups excluding carboxylic acids is 1. The number of carbonyl (C=O) groups is 1. The van der Waals surface area contributed by atoms with Crippen molar-refractivity contribution < 1.29 is 4.79 Å². The number of nitrogens with zero attached hydrogens (tertiary/aromatic N) is 1. The van der Waals surface area contributed by atoms with E-state index in [0.29, 0.717) is 28.7 Å². The first-order valence-corrected chi connectivity index (χ1v) is 6.96. The number of anilines is 1. The van der Waals surface area contributed by atoms with Crippen LogP contribution < -0.4 is 11.5 Å². The summed E-state index contributed by atoms with van der Waals surface area (Å²) in [4.78, 5) is 14.4. The first-order valence-electron chi connectivity index (χ1n) is 6.59. The molecule has 104 valence electrons. The van der Waals surface area contributed by atoms with Gasteiger partial charge in [-0.3, -0.25) is 4.79 Å². The largest absolute Gasteiger partial charge is 0.399 e. The van der Waals surface area contributed by atoms with Gasteiger partial charge in [0.25, 0.3) is 5.91 Å². The van der Waals surface area contributed by atoms with Gasteiger partial charge in [0.05, 0.1) is 10.6 Å². The van der Waals surface area contributed by atoms with E-state index >= 15 is 0 Å². The quantitative estimate of drug-likeness (QED) is 0.816. The molecule has 2 unspecified atom stereocenters. The van der Waals surface area contributed by atoms with E-state index < -0.39 is 0 Å². The van der Waals surface area contributed by atoms with Gasteiger partial charge in [-0.25, -0.2) is 0 Å². The van der Waals surface area contributed by atoms with Crippen LogP contribution in [0, 0.1) is 5.92 Å². The second-order valence-electron chi connectivity index (χ2n) is 5.26. The smallest absolute Gasteiger partial charge is 0.255 e. The Kier molecular flexibility index (Phi) is 4.32. The number of rotatable bonds is 2. The van der Waals surface area contributed by atoms with E-state index in [4.69, 9.17) is 23.1 Å². The Hall–Kier alpha value is -1.26. The molecule has 2 atom stereocenters. The number of piperidine rings is 1. The third kappa shape index (κ3) is 3.01. The van der Waals surface area contributed by atoms with Gasteiger partial charge in [-0.15, -0.1) is 0 Å². The zero-order valence-corrected chi connectivity index (χ0v) is 11.9. The highest BCUT2D eigenvalue weighted by Crippen LogP contribution is 2.26. The molecule has 19 heavy (non-hydrogen) atoms. The van der Waals surface area contributed by atoms with E-state index in [-0.39, 0.29) is 11.9 Å². The topological polar surface area (TPSA) is 72.3 Å². The molecule has 0 saturated carbocycles. The van der Waals surface area contributed by atoms with Gasteiger partial charge < -0.3 is 16.4 Å². The molecule has 1 saturated heterocycles. The second kappa shape index (κ2) is 5.80. The summed E-state index contributed by atoms with van der Waals surface area (Å²) in [6, 6.07) is 5.10. The van der Waals surface area contributed by atoms with Gasteiger partial charge in [0.15, 0.2) is 0 Å². The summed E-state index contributed by atoms with van der Waals surface area (Å²) < 4.78 is 0. The van der Waals surface area contributed by atoms with Crippen molar-refractivity contribution in [2.24, 2.45) is 11.7 Å². The van der Waals surface area contributed by atoms with Crippen LogP contribution in [0.2, 0.25) is 5.02 Å². The van der Waals surface area contributed by atoms with Gasteiger partial charge in [-0.05, 0) is 37.0 Å². The van der Waals surface area contributed by atoms with E-state index in [1.807, 2.05) is 4.90 Å². The molecule has 0 aliphatic carbocycles. The number of hydrogen-bond acceptors (Lipinski definition) is 3. The van der Waals surface area contributed by atoms with Crippen molar-refractivity contribution in [2.75, 3.05) is 18.8 Å². The molecule has 1 aliphatic heterocycles. The summed E-state index contributed by atoms with van der Waals surface area (Å²) in [6.07, 6.45) is 1.96. The fraction of sp³-hybridized carbons (Fsp3) is 0.500. The van der Waals surface area contributed by atoms with Crippen molar-refractivity contribution >= 4 is 23.2 Å². The van der Waals surface area contributed by atoms with Crippen molar-refractivity contribution in [1.29, 1.82) is 0 Å². The lowest BCUT2D eigenvalue weighted by Gasteiger charge is -2.38. The van der Waals surface area contributed by atoms with Crippen molar-refractivity contribution in [2.45, 2.75) is 25.8 Å². The summed E-state index contributed by atoms with van der Waals surface area (Å²) in [6.45, 7) is 3.42. The number of likely N-dealkylation sites (tertiary alicyclic amines) is 1. The van der Waals surface area contributed by atoms with Gasteiger partial charge in [-0.2, -0.15) is 0 Å². The maximum absolute atomic E-state index is 12.6. The molecule has 0 radical (unpaired) electrons. The number of nitrogen functional groups attached to an aromatic ring is 1. The predicted octanol–water partition coefficient (Wildman–Crippen LogP) is 2.12. The van der Waals surface area contributed by atoms with Crippen LogP contribution in [0.1, 0.15) is 30.1 Å². The van der Waals surface area contributed by atoms with E-state index in [0.717, 1.165) is 19.4 Å². The molecule has 0 bridgehead atoms. The third-order valence-corrected chi connectivity index (χ3v) is 4.05. The standard InChI is InChI=1S/C14H20ClN3O/c1-9-4-5-18(11(6-9)8-16)14(19)12-3-2-10(17)7-13(12)15/h2-3,7,9,11H,4-6,8,16-17H2,1H3. The second-order valence-corrected chi connectivity index (χ2v) is 5.66. The number of benzene rings is 1. The predicted molar refractivity (Wildman–Crippen MR) is 78.1 cm³/mol. The molecule has 1 aromatic carbocycles. The minimum absolute atomic E-state index is 0.0487. The summed E-state index contributed by atoms with van der Waals surface area (Å²) in [7, 11) is 0. The van der Waals surface area contributed by atoms with Crippen LogP contribution in [-0.4, -0.2) is 29.9 Å². The lowest BCUT2D eigenvalue weighted by Crippen LogP contribution is -2.49. The Bertz CT molecular complexity index is 478. The lowest BCUT2D eigenvalue weighted by atomic mass is 9.92. The fourth-order valence-corrected chi connectivity index (χ4v) is 2.87. The number of nitrogens with two attached hydrogens (primary N) is 2. The molecule has 2 rings (SSSR count). The zero-order chi connectivity index (χ0) is 14.0. The minimum Gasteiger partial charge on any atom is -0.399 e. The van der Waals surface area contributed by atoms with Crippen LogP contribution in [0.25, 0.3) is 0 Å². The first kappa shape index (κ1) is 14.2. The van der Waals surface area contributed by atoms with Crippen LogP contribution in [0.5, 0.6) is 0 Å². The van der Waals surface area contributed by atoms with Crippen LogP contribution in [0.15, 0.2) is 18.2 Å². The summed E-state index contributed by atoms with van der Waals surface area (Å²) in [5.41, 5.74) is 12.5. The van der Waals surface area contributed by atoms with E-state index in [1.54, 1.807) is 18.2 Å². The monoisotopic (exact) mass is 281 g/mol. The summed E-state index contributed by atoms with van der Waals surface area (Å²) in [5, 5.41) is 0.402. The average Bonchev–Trinajstić information content (AvgIpc) is 2.37. The normalized spacial score (nSPS) is 23.4. The highest BCUT2D eigenvalue weighted by atomic mass is 35.5. The Balaban J connectivity index is 2.22. The SMILES string of the molecule is CC1CCN(C(=O)c2ccc(N)cc2Cl)C(CN)C1. The van der Waals surface area contributed by atoms with Crippen molar-refractivity contribution in [3.8, 4) is 0 Å². The summed E-state index contributed by atoms with van der Waals surface area (Å²) in [5.74, 6) is 0.562. The maximum atomic E-state index is 12.6. The van der Waals surface area contributed by atoms with Gasteiger partial charge in [0, 0.05) is 24.8 Å². The molecule has 0 spiro atoms. The summed E-state index contributed by atoms with van der Waals surface area (Å²) >= 11 is 6.10. The number of halogens is 1. The average molecular weight is 282 g/mol. The van der Waals surface area contributed by atoms with E-state index in [9.17, 15) is 4.79 Å². The highest BCUT2D eigenvalue weighted by molar-refractivity contribution is 6.34. The fourth-order valence-electron chi connectivity index (χ4n) is 2.60. The molecular formula is C14H20ClN3O. The van der Waals surface area contributed by atoms with Gasteiger partial charge in [0.1, 0.15) is 0 Å². The van der Waals surface area contributed by atoms with E-state index in [2.05, 4.69) is 6.92 Å². The highest BCUT2D eigenvalue weighted by Gasteiger charge is 2.30. The first-order chi connectivity index (χ1) is 9.02. The molecule has 1 aromatic rings. The molecule has 1 amide bonds. The Morgan fingerprint density at radius 3 is 2.89 bits per heavy atom. The maximum Gasteiger partial charge on any atom is 0.255 e. The van der Waals surface area contributed by atoms with E-state index in [1.165, 1.54) is 0 Å². The van der Waals surface area contributed by atoms with Crippen molar-refractivity contribution in [3.05, 3.63) is 28.8 Å². The van der Waals surface area contributed by atoms with Crippen LogP contribution >= 0.6 is 11.6 Å². The number of hydrogen-bond donors (Lipinski definition) is 2. The Morgan fingerprint density at radius 2 is 2.26 bits per heavy atom. The van der Waals surface area contributed by atoms with Crippen molar-refractivity contribution in [1.82, 2.24) is 4.90 Å². The third-order valence-electron chi connectivity index (χ3n) is 3.73. The van der Waals surface area contributed by atoms with Crippen LogP contribution in [0.3, 0.4) is 0 Å². The lowest BCUT2D eigenvalue weighted by molar-refractivity contribution is 0.0574. The Labute approximate surface area is 118 Å². The molecule has 5 heteroatoms. The van der Waals surface area contributed by atoms with Crippen molar-refractivity contribution in [3.63, 3.8) is 0 Å². The molecular weight excluding hydrogens is 262 g/mol. The molecule has 1 heterocycles. The molecule has 4 nitrogen and oxygen atoms in total. The van der Waals surface area contributed by atoms with Gasteiger partial charge in [0.2, 0.25) is 0 Å². The number of amides is 1.